The number of aryl methyl sites for hydroxylation is 2. The Bertz CT molecular complexity index is 645. The van der Waals surface area contributed by atoms with Crippen LogP contribution in [0.4, 0.5) is 0 Å². The first-order chi connectivity index (χ1) is 10.1. The molecule has 0 fully saturated rings. The molecule has 2 aromatic carbocycles. The fourth-order valence-corrected chi connectivity index (χ4v) is 2.22. The first kappa shape index (κ1) is 15.0. The summed E-state index contributed by atoms with van der Waals surface area (Å²) in [6.07, 6.45) is 1.18. The molecule has 0 amide bonds. The van der Waals surface area contributed by atoms with E-state index in [4.69, 9.17) is 4.74 Å². The molecular formula is C18H18O3. The molecular weight excluding hydrogens is 264 g/mol. The Morgan fingerprint density at radius 1 is 1.05 bits per heavy atom. The molecule has 0 atom stereocenters. The Kier molecular flexibility index (Phi) is 4.88. The topological polar surface area (TPSA) is 43.4 Å². The van der Waals surface area contributed by atoms with Crippen LogP contribution in [-0.4, -0.2) is 18.9 Å². The summed E-state index contributed by atoms with van der Waals surface area (Å²) >= 11 is 0. The lowest BCUT2D eigenvalue weighted by Crippen LogP contribution is -2.07. The molecule has 2 aromatic rings. The first-order valence-electron chi connectivity index (χ1n) is 6.88. The molecule has 0 saturated carbocycles. The van der Waals surface area contributed by atoms with Gasteiger partial charge in [-0.3, -0.25) is 4.79 Å². The van der Waals surface area contributed by atoms with Gasteiger partial charge in [0.1, 0.15) is 0 Å². The zero-order chi connectivity index (χ0) is 15.2. The number of carbonyl (C=O) groups is 2. The van der Waals surface area contributed by atoms with Crippen LogP contribution in [0, 0.1) is 6.92 Å². The summed E-state index contributed by atoms with van der Waals surface area (Å²) in [5.74, 6) is -0.297. The van der Waals surface area contributed by atoms with Crippen LogP contribution in [0.5, 0.6) is 0 Å². The van der Waals surface area contributed by atoms with Gasteiger partial charge >= 0.3 is 5.97 Å². The van der Waals surface area contributed by atoms with Crippen molar-refractivity contribution in [2.45, 2.75) is 19.8 Å². The number of hydrogen-bond donors (Lipinski definition) is 0. The SMILES string of the molecule is COC(=O)c1ccc(C(=O)CCc2ccccc2)cc1C. The Labute approximate surface area is 124 Å². The van der Waals surface area contributed by atoms with Gasteiger partial charge in [-0.05, 0) is 36.6 Å². The Morgan fingerprint density at radius 3 is 2.38 bits per heavy atom. The molecule has 3 heteroatoms. The van der Waals surface area contributed by atoms with Crippen molar-refractivity contribution in [3.63, 3.8) is 0 Å². The minimum atomic E-state index is -0.379. The van der Waals surface area contributed by atoms with Crippen molar-refractivity contribution in [2.75, 3.05) is 7.11 Å². The Hall–Kier alpha value is -2.42. The molecule has 0 bridgehead atoms. The van der Waals surface area contributed by atoms with E-state index in [9.17, 15) is 9.59 Å². The number of ether oxygens (including phenoxy) is 1. The van der Waals surface area contributed by atoms with Gasteiger partial charge in [0.2, 0.25) is 0 Å². The van der Waals surface area contributed by atoms with E-state index in [0.29, 0.717) is 17.5 Å². The van der Waals surface area contributed by atoms with Gasteiger partial charge in [0, 0.05) is 12.0 Å². The van der Waals surface area contributed by atoms with Gasteiger partial charge in [-0.2, -0.15) is 0 Å². The smallest absolute Gasteiger partial charge is 0.338 e. The summed E-state index contributed by atoms with van der Waals surface area (Å²) in [7, 11) is 1.35. The zero-order valence-electron chi connectivity index (χ0n) is 12.3. The van der Waals surface area contributed by atoms with Crippen LogP contribution in [0.2, 0.25) is 0 Å². The highest BCUT2D eigenvalue weighted by Gasteiger charge is 2.12. The second-order valence-corrected chi connectivity index (χ2v) is 4.93. The van der Waals surface area contributed by atoms with E-state index in [1.165, 1.54) is 7.11 Å². The molecule has 0 radical (unpaired) electrons. The monoisotopic (exact) mass is 282 g/mol. The van der Waals surface area contributed by atoms with Crippen LogP contribution in [0.25, 0.3) is 0 Å². The Morgan fingerprint density at radius 2 is 1.76 bits per heavy atom. The standard InChI is InChI=1S/C18H18O3/c1-13-12-15(9-10-16(13)18(20)21-2)17(19)11-8-14-6-4-3-5-7-14/h3-7,9-10,12H,8,11H2,1-2H3. The number of Topliss-reactive ketones (excluding diaryl/α,β-unsaturated/α-hetero) is 1. The van der Waals surface area contributed by atoms with Gasteiger partial charge < -0.3 is 4.74 Å². The highest BCUT2D eigenvalue weighted by Crippen LogP contribution is 2.15. The van der Waals surface area contributed by atoms with E-state index in [2.05, 4.69) is 0 Å². The van der Waals surface area contributed by atoms with Crippen molar-refractivity contribution < 1.29 is 14.3 Å². The van der Waals surface area contributed by atoms with Crippen molar-refractivity contribution in [3.8, 4) is 0 Å². The number of carbonyl (C=O) groups excluding carboxylic acids is 2. The third kappa shape index (κ3) is 3.78. The van der Waals surface area contributed by atoms with Crippen molar-refractivity contribution >= 4 is 11.8 Å². The normalized spacial score (nSPS) is 10.2. The highest BCUT2D eigenvalue weighted by atomic mass is 16.5. The van der Waals surface area contributed by atoms with E-state index in [1.807, 2.05) is 30.3 Å². The minimum Gasteiger partial charge on any atom is -0.465 e. The number of esters is 1. The van der Waals surface area contributed by atoms with Crippen LogP contribution < -0.4 is 0 Å². The number of ketones is 1. The second kappa shape index (κ2) is 6.84. The molecule has 0 heterocycles. The highest BCUT2D eigenvalue weighted by molar-refractivity contribution is 5.98. The summed E-state index contributed by atoms with van der Waals surface area (Å²) < 4.78 is 4.70. The van der Waals surface area contributed by atoms with E-state index < -0.39 is 0 Å². The summed E-state index contributed by atoms with van der Waals surface area (Å²) in [6, 6.07) is 15.0. The third-order valence-corrected chi connectivity index (χ3v) is 3.44. The summed E-state index contributed by atoms with van der Waals surface area (Å²) in [4.78, 5) is 23.7. The quantitative estimate of drug-likeness (QED) is 0.621. The Balaban J connectivity index is 2.06. The van der Waals surface area contributed by atoms with Gasteiger partial charge in [-0.1, -0.05) is 36.4 Å². The third-order valence-electron chi connectivity index (χ3n) is 3.44. The molecule has 3 nitrogen and oxygen atoms in total. The second-order valence-electron chi connectivity index (χ2n) is 4.93. The molecule has 0 aliphatic carbocycles. The number of methoxy groups -OCH3 is 1. The molecule has 2 rings (SSSR count). The average Bonchev–Trinajstić information content (AvgIpc) is 2.52. The van der Waals surface area contributed by atoms with Crippen LogP contribution in [-0.2, 0) is 11.2 Å². The van der Waals surface area contributed by atoms with Crippen molar-refractivity contribution in [1.82, 2.24) is 0 Å². The molecule has 108 valence electrons. The minimum absolute atomic E-state index is 0.0818. The number of rotatable bonds is 5. The van der Waals surface area contributed by atoms with E-state index in [1.54, 1.807) is 25.1 Å². The number of hydrogen-bond acceptors (Lipinski definition) is 3. The van der Waals surface area contributed by atoms with Crippen LogP contribution in [0.1, 0.15) is 38.3 Å². The van der Waals surface area contributed by atoms with Crippen molar-refractivity contribution in [1.29, 1.82) is 0 Å². The lowest BCUT2D eigenvalue weighted by atomic mass is 9.99. The maximum atomic E-state index is 12.2. The largest absolute Gasteiger partial charge is 0.465 e. The lowest BCUT2D eigenvalue weighted by Gasteiger charge is -2.07. The van der Waals surface area contributed by atoms with Crippen LogP contribution in [0.3, 0.4) is 0 Å². The van der Waals surface area contributed by atoms with Gasteiger partial charge in [-0.15, -0.1) is 0 Å². The first-order valence-corrected chi connectivity index (χ1v) is 6.88. The predicted octanol–water partition coefficient (Wildman–Crippen LogP) is 3.60. The van der Waals surface area contributed by atoms with Gasteiger partial charge in [0.15, 0.2) is 5.78 Å². The maximum absolute atomic E-state index is 12.2. The molecule has 0 aliphatic rings. The van der Waals surface area contributed by atoms with E-state index >= 15 is 0 Å². The molecule has 0 unspecified atom stereocenters. The van der Waals surface area contributed by atoms with E-state index in [0.717, 1.165) is 17.5 Å². The summed E-state index contributed by atoms with van der Waals surface area (Å²) in [5, 5.41) is 0. The molecule has 0 N–H and O–H groups in total. The van der Waals surface area contributed by atoms with Gasteiger partial charge in [0.25, 0.3) is 0 Å². The van der Waals surface area contributed by atoms with Crippen molar-refractivity contribution in [3.05, 3.63) is 70.8 Å². The predicted molar refractivity (Wildman–Crippen MR) is 81.6 cm³/mol. The molecule has 0 aliphatic heterocycles. The fourth-order valence-electron chi connectivity index (χ4n) is 2.22. The van der Waals surface area contributed by atoms with Crippen molar-refractivity contribution in [2.24, 2.45) is 0 Å². The van der Waals surface area contributed by atoms with Crippen LogP contribution >= 0.6 is 0 Å². The zero-order valence-corrected chi connectivity index (χ0v) is 12.3. The van der Waals surface area contributed by atoms with Crippen LogP contribution in [0.15, 0.2) is 48.5 Å². The molecule has 21 heavy (non-hydrogen) atoms. The fraction of sp³-hybridized carbons (Fsp3) is 0.222. The summed E-state index contributed by atoms with van der Waals surface area (Å²) in [5.41, 5.74) is 3.04. The maximum Gasteiger partial charge on any atom is 0.338 e. The lowest BCUT2D eigenvalue weighted by molar-refractivity contribution is 0.0599. The van der Waals surface area contributed by atoms with E-state index in [-0.39, 0.29) is 11.8 Å². The molecule has 0 aromatic heterocycles. The molecule has 0 saturated heterocycles. The molecule has 0 spiro atoms. The average molecular weight is 282 g/mol. The van der Waals surface area contributed by atoms with Gasteiger partial charge in [-0.25, -0.2) is 4.79 Å². The summed E-state index contributed by atoms with van der Waals surface area (Å²) in [6.45, 7) is 1.81. The van der Waals surface area contributed by atoms with Gasteiger partial charge in [0.05, 0.1) is 12.7 Å². The number of benzene rings is 2.